The van der Waals surface area contributed by atoms with E-state index >= 15 is 0 Å². The number of aryl methyl sites for hydroxylation is 2. The van der Waals surface area contributed by atoms with Gasteiger partial charge in [0.05, 0.1) is 61.5 Å². The minimum Gasteiger partial charge on any atom is -0.366 e. The molecule has 0 N–H and O–H groups in total. The number of thiazole rings is 2. The van der Waals surface area contributed by atoms with E-state index in [0.29, 0.717) is 11.4 Å². The van der Waals surface area contributed by atoms with Gasteiger partial charge >= 0.3 is 10.0 Å². The van der Waals surface area contributed by atoms with Crippen molar-refractivity contribution in [3.05, 3.63) is 80.1 Å². The Hall–Kier alpha value is -4.74. The van der Waals surface area contributed by atoms with Crippen molar-refractivity contribution in [2.24, 2.45) is 20.5 Å². The van der Waals surface area contributed by atoms with Gasteiger partial charge in [0, 0.05) is 24.5 Å². The molecule has 47 heavy (non-hydrogen) atoms. The quantitative estimate of drug-likeness (QED) is 0.0642. The maximum absolute atomic E-state index is 10.9. The minimum atomic E-state index is -0.478. The molecule has 4 aromatic rings. The van der Waals surface area contributed by atoms with Gasteiger partial charge in [-0.1, -0.05) is 0 Å². The third-order valence-corrected chi connectivity index (χ3v) is 10.00. The van der Waals surface area contributed by atoms with Crippen molar-refractivity contribution in [1.29, 1.82) is 0 Å². The van der Waals surface area contributed by atoms with Gasteiger partial charge in [0.1, 0.15) is 12.4 Å². The second-order valence-corrected chi connectivity index (χ2v) is 14.0. The number of benzene rings is 2. The summed E-state index contributed by atoms with van der Waals surface area (Å²) in [7, 11) is 4.57. The molecule has 6 rings (SSSR count). The van der Waals surface area contributed by atoms with Gasteiger partial charge in [0.25, 0.3) is 0 Å². The van der Waals surface area contributed by atoms with Gasteiger partial charge in [-0.25, -0.2) is 9.97 Å². The third kappa shape index (κ3) is 7.98. The number of azo groups is 2. The van der Waals surface area contributed by atoms with Crippen LogP contribution in [0.5, 0.6) is 0 Å². The average molecular weight is 677 g/mol. The monoisotopic (exact) mass is 676 g/mol. The molecule has 2 aliphatic rings. The van der Waals surface area contributed by atoms with Crippen LogP contribution in [0, 0.1) is 20.2 Å². The van der Waals surface area contributed by atoms with Gasteiger partial charge in [-0.05, 0) is 95.9 Å². The largest absolute Gasteiger partial charge is 0.366 e. The van der Waals surface area contributed by atoms with Crippen LogP contribution in [0.4, 0.5) is 43.0 Å². The number of aromatic nitrogens is 2. The Bertz CT molecular complexity index is 1710. The van der Waals surface area contributed by atoms with Crippen LogP contribution in [0.2, 0.25) is 0 Å². The van der Waals surface area contributed by atoms with Crippen molar-refractivity contribution < 1.29 is 14.3 Å². The van der Waals surface area contributed by atoms with E-state index in [1.165, 1.54) is 34.9 Å². The van der Waals surface area contributed by atoms with Crippen LogP contribution >= 0.6 is 22.7 Å². The summed E-state index contributed by atoms with van der Waals surface area (Å²) >= 11 is 1.80. The van der Waals surface area contributed by atoms with Crippen LogP contribution in [0.25, 0.3) is 0 Å². The molecule has 2 aliphatic heterocycles. The lowest BCUT2D eigenvalue weighted by Crippen LogP contribution is -2.50. The molecular weight excluding hydrogens is 643 g/mol. The topological polar surface area (TPSA) is 168 Å². The Kier molecular flexibility index (Phi) is 9.55. The number of quaternary nitrogens is 1. The second kappa shape index (κ2) is 13.9. The smallest absolute Gasteiger partial charge is 0.345 e. The van der Waals surface area contributed by atoms with Gasteiger partial charge in [-0.3, -0.25) is 20.2 Å². The first-order chi connectivity index (χ1) is 22.6. The van der Waals surface area contributed by atoms with E-state index in [1.54, 1.807) is 0 Å². The number of anilines is 2. The Morgan fingerprint density at radius 3 is 1.60 bits per heavy atom. The Balaban J connectivity index is 1.03. The standard InChI is InChI=1S/C30H34N11O4S2/c1-41(2,15-13-37-11-3-5-21-17-23(7-9-25(21)37)33-35-29-31-19-27(46-29)39(42)43)16-14-38-12-4-6-22-18-24(8-10-26(22)38)34-36-30-32-20-28(47-30)40(44)45/h7-10,17-20H,3-6,11-16H2,1-2H3/q+1/b35-33+,36-34+. The van der Waals surface area contributed by atoms with Gasteiger partial charge in [-0.15, -0.1) is 20.5 Å². The summed E-state index contributed by atoms with van der Waals surface area (Å²) < 4.78 is 0.885. The fourth-order valence-electron chi connectivity index (χ4n) is 5.78. The van der Waals surface area contributed by atoms with E-state index in [9.17, 15) is 20.2 Å². The molecule has 15 nitrogen and oxygen atoms in total. The molecule has 17 heteroatoms. The molecule has 244 valence electrons. The molecule has 0 aliphatic carbocycles. The summed E-state index contributed by atoms with van der Waals surface area (Å²) in [6.45, 7) is 5.90. The van der Waals surface area contributed by atoms with E-state index in [1.807, 2.05) is 12.1 Å². The van der Waals surface area contributed by atoms with Crippen LogP contribution in [0.15, 0.2) is 69.2 Å². The predicted octanol–water partition coefficient (Wildman–Crippen LogP) is 7.53. The summed E-state index contributed by atoms with van der Waals surface area (Å²) in [6.07, 6.45) is 6.48. The van der Waals surface area contributed by atoms with Crippen molar-refractivity contribution in [1.82, 2.24) is 9.97 Å². The van der Waals surface area contributed by atoms with Crippen molar-refractivity contribution in [3.63, 3.8) is 0 Å². The number of nitro groups is 2. The van der Waals surface area contributed by atoms with E-state index in [-0.39, 0.29) is 20.3 Å². The summed E-state index contributed by atoms with van der Waals surface area (Å²) in [5.41, 5.74) is 6.35. The Morgan fingerprint density at radius 2 is 1.19 bits per heavy atom. The predicted molar refractivity (Wildman–Crippen MR) is 182 cm³/mol. The SMILES string of the molecule is C[N+](C)(CCN1CCCc2cc(/N=N/c3ncc([N+](=O)[O-])s3)ccc21)CCN1CCCc2cc(/N=N/c3ncc([N+](=O)[O-])s3)ccc21. The third-order valence-electron chi connectivity index (χ3n) is 8.33. The number of rotatable bonds is 12. The average Bonchev–Trinajstić information content (AvgIpc) is 3.75. The fourth-order valence-corrected chi connectivity index (χ4v) is 6.89. The molecule has 0 saturated heterocycles. The summed E-state index contributed by atoms with van der Waals surface area (Å²) in [6, 6.07) is 12.2. The highest BCUT2D eigenvalue weighted by Crippen LogP contribution is 2.35. The number of hydrogen-bond acceptors (Lipinski definition) is 14. The zero-order valence-corrected chi connectivity index (χ0v) is 27.7. The number of nitrogens with zero attached hydrogens (tertiary/aromatic N) is 11. The minimum absolute atomic E-state index is 0.0537. The lowest BCUT2D eigenvalue weighted by Gasteiger charge is -2.38. The van der Waals surface area contributed by atoms with Crippen LogP contribution in [0.3, 0.4) is 0 Å². The van der Waals surface area contributed by atoms with Crippen LogP contribution in [-0.4, -0.2) is 77.7 Å². The maximum atomic E-state index is 10.9. The van der Waals surface area contributed by atoms with Crippen LogP contribution < -0.4 is 9.80 Å². The van der Waals surface area contributed by atoms with Gasteiger partial charge in [0.2, 0.25) is 10.3 Å². The highest BCUT2D eigenvalue weighted by atomic mass is 32.1. The first-order valence-electron chi connectivity index (χ1n) is 15.3. The van der Waals surface area contributed by atoms with Crippen molar-refractivity contribution in [3.8, 4) is 0 Å². The highest BCUT2D eigenvalue weighted by molar-refractivity contribution is 7.18. The maximum Gasteiger partial charge on any atom is 0.345 e. The molecule has 0 amide bonds. The fraction of sp³-hybridized carbons (Fsp3) is 0.400. The molecule has 2 aromatic heterocycles. The zero-order valence-electron chi connectivity index (χ0n) is 26.1. The summed E-state index contributed by atoms with van der Waals surface area (Å²) in [4.78, 5) is 33.7. The van der Waals surface area contributed by atoms with E-state index in [4.69, 9.17) is 0 Å². The highest BCUT2D eigenvalue weighted by Gasteiger charge is 2.24. The second-order valence-electron chi connectivity index (χ2n) is 12.1. The Labute approximate surface area is 278 Å². The molecule has 0 atom stereocenters. The van der Waals surface area contributed by atoms with Crippen molar-refractivity contribution in [2.45, 2.75) is 25.7 Å². The van der Waals surface area contributed by atoms with E-state index in [2.05, 4.69) is 78.6 Å². The molecule has 0 fully saturated rings. The number of fused-ring (bicyclic) bond motifs is 2. The Morgan fingerprint density at radius 1 is 0.745 bits per heavy atom. The summed E-state index contributed by atoms with van der Waals surface area (Å²) in [5, 5.41) is 39.0. The molecule has 0 bridgehead atoms. The normalized spacial score (nSPS) is 14.9. The first-order valence-corrected chi connectivity index (χ1v) is 16.9. The molecule has 0 spiro atoms. The molecule has 4 heterocycles. The van der Waals surface area contributed by atoms with Crippen molar-refractivity contribution in [2.75, 3.05) is 63.2 Å². The molecule has 0 radical (unpaired) electrons. The first kappa shape index (κ1) is 32.2. The summed E-state index contributed by atoms with van der Waals surface area (Å²) in [5.74, 6) is 0. The zero-order chi connectivity index (χ0) is 33.0. The van der Waals surface area contributed by atoms with Gasteiger partial charge < -0.3 is 14.3 Å². The van der Waals surface area contributed by atoms with Gasteiger partial charge in [-0.2, -0.15) is 0 Å². The van der Waals surface area contributed by atoms with Crippen LogP contribution in [-0.2, 0) is 12.8 Å². The lowest BCUT2D eigenvalue weighted by molar-refractivity contribution is -0.887. The van der Waals surface area contributed by atoms with Crippen molar-refractivity contribution >= 4 is 65.7 Å². The number of likely N-dealkylation sites (N-methyl/N-ethyl adjacent to an activating group) is 1. The lowest BCUT2D eigenvalue weighted by atomic mass is 10.0. The van der Waals surface area contributed by atoms with E-state index in [0.717, 1.165) is 92.1 Å². The molecular formula is C30H34N11O4S2+. The molecule has 0 unspecified atom stereocenters. The van der Waals surface area contributed by atoms with Gasteiger partial charge in [0.15, 0.2) is 0 Å². The molecule has 0 saturated carbocycles. The van der Waals surface area contributed by atoms with Crippen LogP contribution in [0.1, 0.15) is 24.0 Å². The number of hydrogen-bond donors (Lipinski definition) is 0. The molecule has 2 aromatic carbocycles. The van der Waals surface area contributed by atoms with E-state index < -0.39 is 9.85 Å².